The summed E-state index contributed by atoms with van der Waals surface area (Å²) in [5.41, 5.74) is 4.77. The van der Waals surface area contributed by atoms with Crippen LogP contribution in [0, 0.1) is 0 Å². The summed E-state index contributed by atoms with van der Waals surface area (Å²) in [5.74, 6) is 0. The molecule has 0 saturated carbocycles. The van der Waals surface area contributed by atoms with E-state index in [1.165, 1.54) is 0 Å². The first-order valence-corrected chi connectivity index (χ1v) is 5.92. The van der Waals surface area contributed by atoms with Crippen molar-refractivity contribution in [3.05, 3.63) is 0 Å². The Hall–Kier alpha value is -1.36. The highest BCUT2D eigenvalue weighted by Gasteiger charge is 2.30. The molecular weight excluding hydrogens is 224 g/mol. The summed E-state index contributed by atoms with van der Waals surface area (Å²) in [6.07, 6.45) is 0.424. The van der Waals surface area contributed by atoms with Crippen LogP contribution in [0.5, 0.6) is 0 Å². The number of nitrogens with two attached hydrogens (primary N) is 1. The standard InChI is InChI=1S/C5H14N4O5Si/c6-4(10)7-2-1-3-8-5(11)9-15(12,13)14/h12-14H,1-3H2,(H3,6,7,10)(H2,8,9,11). The van der Waals surface area contributed by atoms with Crippen LogP contribution in [0.1, 0.15) is 6.42 Å². The summed E-state index contributed by atoms with van der Waals surface area (Å²) in [7, 11) is -4.56. The van der Waals surface area contributed by atoms with Crippen molar-refractivity contribution >= 4 is 21.0 Å². The number of primary amides is 1. The molecule has 0 aromatic carbocycles. The van der Waals surface area contributed by atoms with Crippen molar-refractivity contribution in [2.75, 3.05) is 13.1 Å². The maximum atomic E-state index is 10.8. The van der Waals surface area contributed by atoms with Crippen LogP contribution in [0.4, 0.5) is 9.59 Å². The second-order valence-corrected chi connectivity index (χ2v) is 4.18. The average Bonchev–Trinajstić information content (AvgIpc) is 1.99. The van der Waals surface area contributed by atoms with Crippen molar-refractivity contribution in [2.24, 2.45) is 5.73 Å². The van der Waals surface area contributed by atoms with Crippen LogP contribution >= 0.6 is 0 Å². The summed E-state index contributed by atoms with van der Waals surface area (Å²) in [6, 6.07) is -1.56. The van der Waals surface area contributed by atoms with Gasteiger partial charge in [-0.15, -0.1) is 0 Å². The van der Waals surface area contributed by atoms with E-state index in [0.29, 0.717) is 6.42 Å². The molecule has 0 aliphatic carbocycles. The van der Waals surface area contributed by atoms with Crippen molar-refractivity contribution in [1.82, 2.24) is 15.6 Å². The third kappa shape index (κ3) is 10.6. The fourth-order valence-electron chi connectivity index (χ4n) is 0.698. The molecular formula is C5H14N4O5Si. The van der Waals surface area contributed by atoms with E-state index in [2.05, 4.69) is 10.6 Å². The summed E-state index contributed by atoms with van der Waals surface area (Å²) >= 11 is 0. The van der Waals surface area contributed by atoms with E-state index in [-0.39, 0.29) is 13.1 Å². The Kier molecular flexibility index (Phi) is 5.62. The molecule has 0 spiro atoms. The predicted molar refractivity (Wildman–Crippen MR) is 51.1 cm³/mol. The third-order valence-electron chi connectivity index (χ3n) is 1.22. The first-order valence-electron chi connectivity index (χ1n) is 4.07. The molecule has 9 nitrogen and oxygen atoms in total. The van der Waals surface area contributed by atoms with Gasteiger partial charge in [-0.3, -0.25) is 4.98 Å². The van der Waals surface area contributed by atoms with Gasteiger partial charge in [0, 0.05) is 13.1 Å². The van der Waals surface area contributed by atoms with Crippen molar-refractivity contribution < 1.29 is 24.0 Å². The van der Waals surface area contributed by atoms with Crippen LogP contribution in [0.25, 0.3) is 0 Å². The Morgan fingerprint density at radius 3 is 2.13 bits per heavy atom. The largest absolute Gasteiger partial charge is 0.626 e. The van der Waals surface area contributed by atoms with E-state index < -0.39 is 21.0 Å². The smallest absolute Gasteiger partial charge is 0.373 e. The van der Waals surface area contributed by atoms with Gasteiger partial charge < -0.3 is 30.8 Å². The van der Waals surface area contributed by atoms with Gasteiger partial charge in [0.15, 0.2) is 0 Å². The normalized spacial score (nSPS) is 10.6. The molecule has 0 heterocycles. The Bertz CT molecular complexity index is 230. The molecule has 8 N–H and O–H groups in total. The number of nitrogens with one attached hydrogen (secondary N) is 3. The maximum absolute atomic E-state index is 10.8. The summed E-state index contributed by atoms with van der Waals surface area (Å²) < 4.78 is 0. The number of hydrogen-bond donors (Lipinski definition) is 7. The quantitative estimate of drug-likeness (QED) is 0.198. The number of hydrogen-bond acceptors (Lipinski definition) is 5. The van der Waals surface area contributed by atoms with Crippen molar-refractivity contribution in [1.29, 1.82) is 0 Å². The second-order valence-electron chi connectivity index (χ2n) is 2.66. The van der Waals surface area contributed by atoms with Gasteiger partial charge in [0.1, 0.15) is 0 Å². The molecule has 0 atom stereocenters. The highest BCUT2D eigenvalue weighted by atomic mass is 28.4. The topological polar surface area (TPSA) is 157 Å². The lowest BCUT2D eigenvalue weighted by atomic mass is 10.4. The van der Waals surface area contributed by atoms with Gasteiger partial charge in [-0.2, -0.15) is 0 Å². The molecule has 10 heteroatoms. The van der Waals surface area contributed by atoms with Crippen LogP contribution in [0.2, 0.25) is 0 Å². The molecule has 88 valence electrons. The molecule has 0 fully saturated rings. The van der Waals surface area contributed by atoms with Crippen LogP contribution in [-0.2, 0) is 0 Å². The summed E-state index contributed by atoms with van der Waals surface area (Å²) in [4.78, 5) is 47.9. The fraction of sp³-hybridized carbons (Fsp3) is 0.600. The highest BCUT2D eigenvalue weighted by molar-refractivity contribution is 6.56. The van der Waals surface area contributed by atoms with Crippen LogP contribution < -0.4 is 21.3 Å². The molecule has 0 bridgehead atoms. The van der Waals surface area contributed by atoms with Gasteiger partial charge in [0.25, 0.3) is 0 Å². The zero-order valence-corrected chi connectivity index (χ0v) is 8.86. The molecule has 0 unspecified atom stereocenters. The maximum Gasteiger partial charge on any atom is 0.626 e. The molecule has 15 heavy (non-hydrogen) atoms. The highest BCUT2D eigenvalue weighted by Crippen LogP contribution is 1.79. The molecule has 0 radical (unpaired) electrons. The predicted octanol–water partition coefficient (Wildman–Crippen LogP) is -3.24. The lowest BCUT2D eigenvalue weighted by molar-refractivity contribution is 0.201. The van der Waals surface area contributed by atoms with Crippen LogP contribution in [0.15, 0.2) is 0 Å². The van der Waals surface area contributed by atoms with Crippen LogP contribution in [0.3, 0.4) is 0 Å². The van der Waals surface area contributed by atoms with E-state index in [9.17, 15) is 9.59 Å². The molecule has 4 amide bonds. The number of amides is 4. The van der Waals surface area contributed by atoms with Gasteiger partial charge in [-0.05, 0) is 6.42 Å². The molecule has 0 rings (SSSR count). The van der Waals surface area contributed by atoms with E-state index in [1.807, 2.05) is 0 Å². The minimum absolute atomic E-state index is 0.191. The summed E-state index contributed by atoms with van der Waals surface area (Å²) in [6.45, 7) is 0.478. The van der Waals surface area contributed by atoms with Gasteiger partial charge in [-0.1, -0.05) is 0 Å². The fourth-order valence-corrected chi connectivity index (χ4v) is 1.09. The zero-order valence-electron chi connectivity index (χ0n) is 7.86. The van der Waals surface area contributed by atoms with Gasteiger partial charge in [-0.25, -0.2) is 9.59 Å². The Morgan fingerprint density at radius 2 is 1.67 bits per heavy atom. The van der Waals surface area contributed by atoms with E-state index >= 15 is 0 Å². The van der Waals surface area contributed by atoms with E-state index in [1.54, 1.807) is 4.98 Å². The van der Waals surface area contributed by atoms with Gasteiger partial charge in [0.2, 0.25) is 0 Å². The van der Waals surface area contributed by atoms with Crippen molar-refractivity contribution in [3.8, 4) is 0 Å². The Morgan fingerprint density at radius 1 is 1.13 bits per heavy atom. The monoisotopic (exact) mass is 238 g/mol. The number of carbonyl (C=O) groups is 2. The molecule has 0 aromatic rings. The molecule has 0 aromatic heterocycles. The number of rotatable bonds is 5. The van der Waals surface area contributed by atoms with E-state index in [4.69, 9.17) is 20.1 Å². The lowest BCUT2D eigenvalue weighted by Crippen LogP contribution is -2.57. The zero-order chi connectivity index (χ0) is 11.9. The van der Waals surface area contributed by atoms with Crippen molar-refractivity contribution in [3.63, 3.8) is 0 Å². The second kappa shape index (κ2) is 6.18. The van der Waals surface area contributed by atoms with Crippen LogP contribution in [-0.4, -0.2) is 48.5 Å². The SMILES string of the molecule is NC(=O)NCCCNC(=O)N[Si](O)(O)O. The molecule has 0 saturated heterocycles. The Balaban J connectivity index is 3.44. The Labute approximate surface area is 86.7 Å². The van der Waals surface area contributed by atoms with E-state index in [0.717, 1.165) is 0 Å². The summed E-state index contributed by atoms with van der Waals surface area (Å²) in [5, 5.41) is 4.52. The minimum Gasteiger partial charge on any atom is -0.373 e. The number of carbonyl (C=O) groups excluding carboxylic acids is 2. The first-order chi connectivity index (χ1) is 6.81. The lowest BCUT2D eigenvalue weighted by Gasteiger charge is -2.11. The number of urea groups is 2. The molecule has 0 aliphatic heterocycles. The third-order valence-corrected chi connectivity index (χ3v) is 1.78. The van der Waals surface area contributed by atoms with Crippen molar-refractivity contribution in [2.45, 2.75) is 6.42 Å². The van der Waals surface area contributed by atoms with Gasteiger partial charge >= 0.3 is 21.0 Å². The minimum atomic E-state index is -4.56. The molecule has 0 aliphatic rings. The average molecular weight is 238 g/mol. The first kappa shape index (κ1) is 13.6. The van der Waals surface area contributed by atoms with Gasteiger partial charge in [0.05, 0.1) is 0 Å².